The predicted octanol–water partition coefficient (Wildman–Crippen LogP) is 5.65. The van der Waals surface area contributed by atoms with Gasteiger partial charge in [-0.1, -0.05) is 35.3 Å². The van der Waals surface area contributed by atoms with Crippen LogP contribution in [0.4, 0.5) is 23.2 Å². The maximum Gasteiger partial charge on any atom is 0.293 e. The standard InChI is InChI=1S/C22H15Cl2F4N3O2S/c23-12-3-1-2-11(10-12)13-4-5-14(33-13)21(32)29-22(34)31-8-6-30(7-9-31)20-18(27)16(25)15(24)17(26)19(20)28/h1-5,10H,6-9H2,(H,29,32,34). The van der Waals surface area contributed by atoms with Crippen molar-refractivity contribution < 1.29 is 26.8 Å². The number of thiocarbonyl (C=S) groups is 1. The average Bonchev–Trinajstić information content (AvgIpc) is 3.33. The highest BCUT2D eigenvalue weighted by Crippen LogP contribution is 2.34. The third kappa shape index (κ3) is 4.70. The van der Waals surface area contributed by atoms with Crippen LogP contribution in [0.2, 0.25) is 10.0 Å². The monoisotopic (exact) mass is 531 g/mol. The van der Waals surface area contributed by atoms with Crippen LogP contribution in [0, 0.1) is 23.3 Å². The van der Waals surface area contributed by atoms with Crippen LogP contribution in [-0.4, -0.2) is 42.1 Å². The Morgan fingerprint density at radius 2 is 1.59 bits per heavy atom. The number of nitrogens with one attached hydrogen (secondary N) is 1. The highest BCUT2D eigenvalue weighted by molar-refractivity contribution is 7.80. The summed E-state index contributed by atoms with van der Waals surface area (Å²) in [6.07, 6.45) is 0. The van der Waals surface area contributed by atoms with Crippen LogP contribution < -0.4 is 10.2 Å². The number of piperazine rings is 1. The lowest BCUT2D eigenvalue weighted by Gasteiger charge is -2.37. The molecule has 1 saturated heterocycles. The maximum atomic E-state index is 14.2. The highest BCUT2D eigenvalue weighted by atomic mass is 35.5. The lowest BCUT2D eigenvalue weighted by molar-refractivity contribution is 0.0946. The maximum absolute atomic E-state index is 14.2. The fourth-order valence-corrected chi connectivity index (χ4v) is 4.13. The molecule has 4 rings (SSSR count). The molecule has 12 heteroatoms. The minimum atomic E-state index is -1.66. The van der Waals surface area contributed by atoms with Gasteiger partial charge in [0, 0.05) is 36.8 Å². The molecule has 1 N–H and O–H groups in total. The Balaban J connectivity index is 1.39. The predicted molar refractivity (Wildman–Crippen MR) is 124 cm³/mol. The first-order valence-electron chi connectivity index (χ1n) is 9.89. The molecule has 3 aromatic rings. The Morgan fingerprint density at radius 3 is 2.21 bits per heavy atom. The van der Waals surface area contributed by atoms with Crippen LogP contribution in [0.25, 0.3) is 11.3 Å². The van der Waals surface area contributed by atoms with Gasteiger partial charge in [0.05, 0.1) is 0 Å². The van der Waals surface area contributed by atoms with Crippen molar-refractivity contribution in [3.63, 3.8) is 0 Å². The summed E-state index contributed by atoms with van der Waals surface area (Å²) >= 11 is 16.5. The number of furan rings is 1. The molecule has 1 aliphatic heterocycles. The molecule has 0 unspecified atom stereocenters. The minimum Gasteiger partial charge on any atom is -0.451 e. The second-order valence-corrected chi connectivity index (χ2v) is 8.53. The molecule has 0 spiro atoms. The number of halogens is 6. The van der Waals surface area contributed by atoms with Crippen molar-refractivity contribution in [2.45, 2.75) is 0 Å². The number of hydrogen-bond donors (Lipinski definition) is 1. The number of amides is 1. The number of carbonyl (C=O) groups excluding carboxylic acids is 1. The highest BCUT2D eigenvalue weighted by Gasteiger charge is 2.30. The van der Waals surface area contributed by atoms with E-state index in [1.165, 1.54) is 6.07 Å². The molecule has 178 valence electrons. The smallest absolute Gasteiger partial charge is 0.293 e. The molecular weight excluding hydrogens is 517 g/mol. The van der Waals surface area contributed by atoms with Gasteiger partial charge in [-0.05, 0) is 36.5 Å². The molecule has 2 aromatic carbocycles. The summed E-state index contributed by atoms with van der Waals surface area (Å²) in [5, 5.41) is 1.89. The summed E-state index contributed by atoms with van der Waals surface area (Å²) in [5.41, 5.74) is -0.141. The fraction of sp³-hybridized carbons (Fsp3) is 0.182. The molecule has 34 heavy (non-hydrogen) atoms. The van der Waals surface area contributed by atoms with Crippen molar-refractivity contribution in [2.75, 3.05) is 31.1 Å². The summed E-state index contributed by atoms with van der Waals surface area (Å²) in [4.78, 5) is 15.3. The zero-order valence-corrected chi connectivity index (χ0v) is 19.5. The lowest BCUT2D eigenvalue weighted by atomic mass is 10.2. The second-order valence-electron chi connectivity index (χ2n) is 7.33. The molecule has 1 aromatic heterocycles. The quantitative estimate of drug-likeness (QED) is 0.205. The van der Waals surface area contributed by atoms with Crippen molar-refractivity contribution in [3.05, 3.63) is 75.5 Å². The van der Waals surface area contributed by atoms with E-state index in [-0.39, 0.29) is 37.1 Å². The first kappa shape index (κ1) is 24.3. The van der Waals surface area contributed by atoms with Crippen LogP contribution in [0.1, 0.15) is 10.6 Å². The first-order valence-corrected chi connectivity index (χ1v) is 11.1. The Hall–Kier alpha value is -2.82. The molecule has 5 nitrogen and oxygen atoms in total. The molecule has 1 aliphatic rings. The Labute approximate surface area is 206 Å². The number of anilines is 1. The van der Waals surface area contributed by atoms with Gasteiger partial charge in [-0.15, -0.1) is 0 Å². The van der Waals surface area contributed by atoms with Gasteiger partial charge in [0.1, 0.15) is 16.5 Å². The van der Waals surface area contributed by atoms with Crippen molar-refractivity contribution in [3.8, 4) is 11.3 Å². The largest absolute Gasteiger partial charge is 0.451 e. The number of carbonyl (C=O) groups is 1. The van der Waals surface area contributed by atoms with E-state index < -0.39 is 39.9 Å². The Morgan fingerprint density at radius 1 is 0.941 bits per heavy atom. The van der Waals surface area contributed by atoms with E-state index in [0.29, 0.717) is 16.3 Å². The number of rotatable bonds is 3. The van der Waals surface area contributed by atoms with Gasteiger partial charge in [0.2, 0.25) is 0 Å². The Kier molecular flexibility index (Phi) is 7.01. The fourth-order valence-electron chi connectivity index (χ4n) is 3.50. The molecular formula is C22H15Cl2F4N3O2S. The summed E-state index contributed by atoms with van der Waals surface area (Å²) in [7, 11) is 0. The van der Waals surface area contributed by atoms with E-state index >= 15 is 0 Å². The topological polar surface area (TPSA) is 48.7 Å². The van der Waals surface area contributed by atoms with E-state index in [1.807, 2.05) is 0 Å². The molecule has 0 atom stereocenters. The van der Waals surface area contributed by atoms with Gasteiger partial charge in [-0.25, -0.2) is 17.6 Å². The zero-order chi connectivity index (χ0) is 24.6. The van der Waals surface area contributed by atoms with Crippen molar-refractivity contribution in [1.29, 1.82) is 0 Å². The van der Waals surface area contributed by atoms with Gasteiger partial charge >= 0.3 is 0 Å². The zero-order valence-electron chi connectivity index (χ0n) is 17.2. The molecule has 0 aliphatic carbocycles. The molecule has 1 fully saturated rings. The molecule has 2 heterocycles. The third-order valence-corrected chi connectivity index (χ3v) is 6.16. The van der Waals surface area contributed by atoms with E-state index in [1.54, 1.807) is 35.2 Å². The summed E-state index contributed by atoms with van der Waals surface area (Å²) in [6.45, 7) is 0.250. The second kappa shape index (κ2) is 9.81. The third-order valence-electron chi connectivity index (χ3n) is 5.23. The van der Waals surface area contributed by atoms with Crippen molar-refractivity contribution >= 4 is 52.1 Å². The lowest BCUT2D eigenvalue weighted by Crippen LogP contribution is -2.53. The van der Waals surface area contributed by atoms with Gasteiger partial charge in [0.25, 0.3) is 5.91 Å². The van der Waals surface area contributed by atoms with E-state index in [9.17, 15) is 22.4 Å². The normalized spacial score (nSPS) is 13.8. The van der Waals surface area contributed by atoms with E-state index in [2.05, 4.69) is 5.32 Å². The van der Waals surface area contributed by atoms with E-state index in [4.69, 9.17) is 39.8 Å². The van der Waals surface area contributed by atoms with Crippen LogP contribution in [0.3, 0.4) is 0 Å². The number of nitrogens with zero attached hydrogens (tertiary/aromatic N) is 2. The summed E-state index contributed by atoms with van der Waals surface area (Å²) in [5.74, 6) is -6.57. The molecule has 0 bridgehead atoms. The first-order chi connectivity index (χ1) is 16.2. The molecule has 0 saturated carbocycles. The summed E-state index contributed by atoms with van der Waals surface area (Å²) < 4.78 is 61.6. The van der Waals surface area contributed by atoms with Crippen molar-refractivity contribution in [2.24, 2.45) is 0 Å². The van der Waals surface area contributed by atoms with Gasteiger partial charge < -0.3 is 14.2 Å². The number of benzene rings is 2. The van der Waals surface area contributed by atoms with Crippen LogP contribution in [-0.2, 0) is 0 Å². The van der Waals surface area contributed by atoms with Gasteiger partial charge in [-0.2, -0.15) is 0 Å². The Bertz CT molecular complexity index is 1250. The van der Waals surface area contributed by atoms with Crippen LogP contribution >= 0.6 is 35.4 Å². The van der Waals surface area contributed by atoms with Gasteiger partial charge in [-0.3, -0.25) is 10.1 Å². The van der Waals surface area contributed by atoms with Crippen LogP contribution in [0.5, 0.6) is 0 Å². The minimum absolute atomic E-state index is 0.00989. The van der Waals surface area contributed by atoms with E-state index in [0.717, 1.165) is 4.90 Å². The SMILES string of the molecule is O=C(NC(=S)N1CCN(c2c(F)c(F)c(Cl)c(F)c2F)CC1)c1ccc(-c2cccc(Cl)c2)o1. The van der Waals surface area contributed by atoms with Crippen molar-refractivity contribution in [1.82, 2.24) is 10.2 Å². The van der Waals surface area contributed by atoms with Gasteiger partial charge in [0.15, 0.2) is 34.1 Å². The average molecular weight is 532 g/mol. The molecule has 1 amide bonds. The summed E-state index contributed by atoms with van der Waals surface area (Å²) in [6, 6.07) is 10.0. The van der Waals surface area contributed by atoms with Crippen LogP contribution in [0.15, 0.2) is 40.8 Å². The number of hydrogen-bond acceptors (Lipinski definition) is 4. The molecule has 0 radical (unpaired) electrons.